The molecule has 1 unspecified atom stereocenters. The summed E-state index contributed by atoms with van der Waals surface area (Å²) in [5, 5.41) is 3.96. The molecular formula is C22H24N2O3. The van der Waals surface area contributed by atoms with E-state index in [1.165, 1.54) is 0 Å². The first-order chi connectivity index (χ1) is 12.9. The van der Waals surface area contributed by atoms with Crippen molar-refractivity contribution in [1.82, 2.24) is 4.57 Å². The van der Waals surface area contributed by atoms with Crippen LogP contribution in [-0.2, 0) is 20.9 Å². The molecule has 27 heavy (non-hydrogen) atoms. The number of aromatic nitrogens is 1. The van der Waals surface area contributed by atoms with Gasteiger partial charge in [0.15, 0.2) is 6.10 Å². The molecule has 0 aliphatic carbocycles. The van der Waals surface area contributed by atoms with Gasteiger partial charge in [-0.2, -0.15) is 0 Å². The number of para-hydroxylation sites is 1. The third-order valence-corrected chi connectivity index (χ3v) is 4.57. The first-order valence-corrected chi connectivity index (χ1v) is 9.05. The van der Waals surface area contributed by atoms with Crippen molar-refractivity contribution < 1.29 is 14.3 Å². The molecule has 1 amide bonds. The Kier molecular flexibility index (Phi) is 5.60. The number of amides is 1. The van der Waals surface area contributed by atoms with Crippen LogP contribution in [0.15, 0.2) is 54.7 Å². The summed E-state index contributed by atoms with van der Waals surface area (Å²) in [6, 6.07) is 15.8. The smallest absolute Gasteiger partial charge is 0.308 e. The van der Waals surface area contributed by atoms with Crippen molar-refractivity contribution in [2.75, 3.05) is 5.32 Å². The summed E-state index contributed by atoms with van der Waals surface area (Å²) in [4.78, 5) is 24.5. The number of nitrogens with zero attached hydrogens (tertiary/aromatic N) is 1. The minimum Gasteiger partial charge on any atom is -0.452 e. The molecule has 1 atom stereocenters. The Labute approximate surface area is 158 Å². The van der Waals surface area contributed by atoms with E-state index >= 15 is 0 Å². The topological polar surface area (TPSA) is 60.3 Å². The number of nitrogens with one attached hydrogen (secondary N) is 1. The van der Waals surface area contributed by atoms with E-state index in [4.69, 9.17) is 4.74 Å². The monoisotopic (exact) mass is 364 g/mol. The second-order valence-corrected chi connectivity index (χ2v) is 6.76. The maximum absolute atomic E-state index is 12.3. The molecule has 3 rings (SSSR count). The normalized spacial score (nSPS) is 12.0. The fourth-order valence-electron chi connectivity index (χ4n) is 2.96. The zero-order chi connectivity index (χ0) is 19.4. The Bertz CT molecular complexity index is 975. The minimum absolute atomic E-state index is 0.208. The Morgan fingerprint density at radius 3 is 2.70 bits per heavy atom. The number of hydrogen-bond acceptors (Lipinski definition) is 3. The van der Waals surface area contributed by atoms with Gasteiger partial charge in [0.05, 0.1) is 6.42 Å². The van der Waals surface area contributed by atoms with Gasteiger partial charge in [0.25, 0.3) is 5.91 Å². The van der Waals surface area contributed by atoms with Crippen LogP contribution in [0, 0.1) is 13.8 Å². The molecule has 5 nitrogen and oxygen atoms in total. The molecule has 1 aromatic heterocycles. The van der Waals surface area contributed by atoms with Gasteiger partial charge in [-0.1, -0.05) is 30.3 Å². The summed E-state index contributed by atoms with van der Waals surface area (Å²) in [7, 11) is 0. The minimum atomic E-state index is -0.848. The van der Waals surface area contributed by atoms with Crippen LogP contribution in [0.5, 0.6) is 0 Å². The van der Waals surface area contributed by atoms with Gasteiger partial charge in [-0.3, -0.25) is 9.59 Å². The number of benzene rings is 2. The lowest BCUT2D eigenvalue weighted by Crippen LogP contribution is -2.30. The van der Waals surface area contributed by atoms with Crippen molar-refractivity contribution in [2.45, 2.75) is 39.8 Å². The highest BCUT2D eigenvalue weighted by molar-refractivity contribution is 5.95. The lowest BCUT2D eigenvalue weighted by molar-refractivity contribution is -0.153. The maximum Gasteiger partial charge on any atom is 0.308 e. The van der Waals surface area contributed by atoms with Gasteiger partial charge >= 0.3 is 5.97 Å². The van der Waals surface area contributed by atoms with Crippen LogP contribution >= 0.6 is 0 Å². The average molecular weight is 364 g/mol. The van der Waals surface area contributed by atoms with E-state index in [0.29, 0.717) is 6.54 Å². The molecule has 0 aliphatic rings. The fourth-order valence-corrected chi connectivity index (χ4v) is 2.96. The molecule has 1 heterocycles. The number of aryl methyl sites for hydroxylation is 3. The van der Waals surface area contributed by atoms with Crippen molar-refractivity contribution >= 4 is 28.5 Å². The zero-order valence-corrected chi connectivity index (χ0v) is 15.9. The van der Waals surface area contributed by atoms with Crippen molar-refractivity contribution in [1.29, 1.82) is 0 Å². The molecule has 0 radical (unpaired) electrons. The largest absolute Gasteiger partial charge is 0.452 e. The summed E-state index contributed by atoms with van der Waals surface area (Å²) >= 11 is 0. The number of fused-ring (bicyclic) bond motifs is 1. The average Bonchev–Trinajstić information content (AvgIpc) is 3.06. The van der Waals surface area contributed by atoms with Crippen LogP contribution in [0.3, 0.4) is 0 Å². The highest BCUT2D eigenvalue weighted by Gasteiger charge is 2.18. The Morgan fingerprint density at radius 1 is 1.11 bits per heavy atom. The van der Waals surface area contributed by atoms with E-state index in [0.717, 1.165) is 27.7 Å². The standard InChI is InChI=1S/C22H24N2O3/c1-15-8-9-16(2)19(14-15)23-22(26)17(3)27-21(25)11-13-24-12-10-18-6-4-5-7-20(18)24/h4-10,12,14,17H,11,13H2,1-3H3,(H,23,26). The van der Waals surface area contributed by atoms with E-state index in [2.05, 4.69) is 5.32 Å². The number of rotatable bonds is 6. The Balaban J connectivity index is 1.54. The number of carbonyl (C=O) groups is 2. The zero-order valence-electron chi connectivity index (χ0n) is 15.9. The number of hydrogen-bond donors (Lipinski definition) is 1. The third kappa shape index (κ3) is 4.56. The molecule has 2 aromatic carbocycles. The van der Waals surface area contributed by atoms with E-state index in [1.54, 1.807) is 6.92 Å². The predicted octanol–water partition coefficient (Wildman–Crippen LogP) is 4.22. The van der Waals surface area contributed by atoms with Gasteiger partial charge in [-0.25, -0.2) is 0 Å². The number of anilines is 1. The van der Waals surface area contributed by atoms with Gasteiger partial charge in [0.1, 0.15) is 0 Å². The van der Waals surface area contributed by atoms with Crippen LogP contribution in [0.1, 0.15) is 24.5 Å². The molecule has 0 spiro atoms. The molecule has 1 N–H and O–H groups in total. The second kappa shape index (κ2) is 8.08. The first kappa shape index (κ1) is 18.7. The fraction of sp³-hybridized carbons (Fsp3) is 0.273. The van der Waals surface area contributed by atoms with E-state index in [1.807, 2.05) is 73.1 Å². The van der Waals surface area contributed by atoms with Crippen LogP contribution in [0.25, 0.3) is 10.9 Å². The molecule has 0 bridgehead atoms. The number of carbonyl (C=O) groups excluding carboxylic acids is 2. The summed E-state index contributed by atoms with van der Waals surface area (Å²) < 4.78 is 7.31. The molecule has 0 fully saturated rings. The maximum atomic E-state index is 12.3. The lowest BCUT2D eigenvalue weighted by atomic mass is 10.1. The van der Waals surface area contributed by atoms with E-state index in [-0.39, 0.29) is 12.3 Å². The van der Waals surface area contributed by atoms with Crippen molar-refractivity contribution in [3.8, 4) is 0 Å². The van der Waals surface area contributed by atoms with Gasteiger partial charge in [0, 0.05) is 23.9 Å². The van der Waals surface area contributed by atoms with Gasteiger partial charge in [0.2, 0.25) is 0 Å². The molecule has 3 aromatic rings. The molecule has 5 heteroatoms. The highest BCUT2D eigenvalue weighted by Crippen LogP contribution is 2.17. The molecule has 0 saturated heterocycles. The van der Waals surface area contributed by atoms with Gasteiger partial charge in [-0.15, -0.1) is 0 Å². The number of ether oxygens (including phenoxy) is 1. The Morgan fingerprint density at radius 2 is 1.89 bits per heavy atom. The highest BCUT2D eigenvalue weighted by atomic mass is 16.5. The van der Waals surface area contributed by atoms with Crippen molar-refractivity contribution in [2.24, 2.45) is 0 Å². The summed E-state index contributed by atoms with van der Waals surface area (Å²) in [5.74, 6) is -0.722. The molecule has 0 saturated carbocycles. The predicted molar refractivity (Wildman–Crippen MR) is 107 cm³/mol. The molecule has 140 valence electrons. The SMILES string of the molecule is Cc1ccc(C)c(NC(=O)C(C)OC(=O)CCn2ccc3ccccc32)c1. The third-order valence-electron chi connectivity index (χ3n) is 4.57. The van der Waals surface area contributed by atoms with Crippen LogP contribution in [-0.4, -0.2) is 22.5 Å². The summed E-state index contributed by atoms with van der Waals surface area (Å²) in [6.45, 7) is 5.98. The summed E-state index contributed by atoms with van der Waals surface area (Å²) in [6.07, 6.45) is 1.31. The van der Waals surface area contributed by atoms with Crippen LogP contribution < -0.4 is 5.32 Å². The summed E-state index contributed by atoms with van der Waals surface area (Å²) in [5.41, 5.74) is 3.83. The second-order valence-electron chi connectivity index (χ2n) is 6.76. The molecule has 0 aliphatic heterocycles. The molecular weight excluding hydrogens is 340 g/mol. The van der Waals surface area contributed by atoms with Crippen LogP contribution in [0.2, 0.25) is 0 Å². The van der Waals surface area contributed by atoms with Gasteiger partial charge < -0.3 is 14.6 Å². The lowest BCUT2D eigenvalue weighted by Gasteiger charge is -2.15. The van der Waals surface area contributed by atoms with E-state index in [9.17, 15) is 9.59 Å². The van der Waals surface area contributed by atoms with E-state index < -0.39 is 12.1 Å². The van der Waals surface area contributed by atoms with Gasteiger partial charge in [-0.05, 0) is 55.5 Å². The number of esters is 1. The van der Waals surface area contributed by atoms with Crippen LogP contribution in [0.4, 0.5) is 5.69 Å². The first-order valence-electron chi connectivity index (χ1n) is 9.05. The Hall–Kier alpha value is -3.08. The quantitative estimate of drug-likeness (QED) is 0.666. The van der Waals surface area contributed by atoms with Crippen molar-refractivity contribution in [3.05, 3.63) is 65.9 Å². The van der Waals surface area contributed by atoms with Crippen molar-refractivity contribution in [3.63, 3.8) is 0 Å².